The Morgan fingerprint density at radius 3 is 2.48 bits per heavy atom. The van der Waals surface area contributed by atoms with E-state index in [4.69, 9.17) is 5.73 Å². The Morgan fingerprint density at radius 1 is 1.03 bits per heavy atom. The van der Waals surface area contributed by atoms with Crippen molar-refractivity contribution in [2.24, 2.45) is 51.6 Å². The van der Waals surface area contributed by atoms with Gasteiger partial charge in [-0.1, -0.05) is 38.2 Å². The lowest BCUT2D eigenvalue weighted by Crippen LogP contribution is -2.60. The minimum atomic E-state index is -0.112. The normalized spacial score (nSPS) is 53.1. The van der Waals surface area contributed by atoms with Crippen molar-refractivity contribution >= 4 is 5.78 Å². The number of fused-ring (bicyclic) bond motifs is 7. The fraction of sp³-hybridized carbons (Fsp3) is 0.828. The Hall–Kier alpha value is -0.890. The zero-order valence-electron chi connectivity index (χ0n) is 20.5. The molecule has 0 aromatic rings. The molecule has 2 nitrogen and oxygen atoms in total. The van der Waals surface area contributed by atoms with Crippen LogP contribution in [0.4, 0.5) is 0 Å². The number of hydrogen-bond acceptors (Lipinski definition) is 2. The van der Waals surface area contributed by atoms with Crippen LogP contribution in [0.2, 0.25) is 0 Å². The molecule has 172 valence electrons. The topological polar surface area (TPSA) is 43.1 Å². The first-order valence-corrected chi connectivity index (χ1v) is 13.2. The number of nitrogens with two attached hydrogens (primary N) is 1. The zero-order valence-corrected chi connectivity index (χ0v) is 20.5. The van der Waals surface area contributed by atoms with Crippen LogP contribution in [0.15, 0.2) is 24.3 Å². The van der Waals surface area contributed by atoms with Crippen LogP contribution in [0, 0.1) is 45.8 Å². The molecular formula is C29H45NO. The third kappa shape index (κ3) is 2.76. The summed E-state index contributed by atoms with van der Waals surface area (Å²) in [6.45, 7) is 13.9. The van der Waals surface area contributed by atoms with Crippen LogP contribution in [0.3, 0.4) is 0 Å². The summed E-state index contributed by atoms with van der Waals surface area (Å²) >= 11 is 0. The molecule has 31 heavy (non-hydrogen) atoms. The third-order valence-electron chi connectivity index (χ3n) is 12.0. The molecule has 0 aromatic heterocycles. The molecule has 4 fully saturated rings. The van der Waals surface area contributed by atoms with Crippen LogP contribution in [-0.4, -0.2) is 11.3 Å². The Kier molecular flexibility index (Phi) is 4.99. The van der Waals surface area contributed by atoms with Crippen LogP contribution in [0.1, 0.15) is 98.3 Å². The first-order chi connectivity index (χ1) is 14.6. The van der Waals surface area contributed by atoms with Gasteiger partial charge in [0.05, 0.1) is 0 Å². The van der Waals surface area contributed by atoms with Crippen molar-refractivity contribution in [1.82, 2.24) is 0 Å². The molecule has 0 aliphatic heterocycles. The first-order valence-electron chi connectivity index (χ1n) is 13.2. The van der Waals surface area contributed by atoms with E-state index in [1.807, 2.05) is 0 Å². The Balaban J connectivity index is 1.46. The van der Waals surface area contributed by atoms with Gasteiger partial charge in [0.15, 0.2) is 0 Å². The minimum Gasteiger partial charge on any atom is -0.324 e. The van der Waals surface area contributed by atoms with E-state index < -0.39 is 0 Å². The standard InChI is InChI=1S/C29H45NO/c1-19(2)29-13-7-6-12-28(29,30)18-25-23-9-8-22-17-21(16-20(3)31)10-14-26(22,4)24(23)11-15-27(25,29)5/h6-7,21-25H,1,8-18,30H2,2-5H3. The molecule has 9 atom stereocenters. The Bertz CT molecular complexity index is 814. The fourth-order valence-corrected chi connectivity index (χ4v) is 10.6. The summed E-state index contributed by atoms with van der Waals surface area (Å²) in [7, 11) is 0. The Morgan fingerprint density at radius 2 is 1.77 bits per heavy atom. The quantitative estimate of drug-likeness (QED) is 0.505. The van der Waals surface area contributed by atoms with Gasteiger partial charge in [-0.15, -0.1) is 0 Å². The summed E-state index contributed by atoms with van der Waals surface area (Å²) in [5, 5.41) is 0. The molecule has 0 amide bonds. The molecule has 2 heteroatoms. The van der Waals surface area contributed by atoms with Gasteiger partial charge in [-0.3, -0.25) is 0 Å². The van der Waals surface area contributed by atoms with Gasteiger partial charge in [0.1, 0.15) is 5.78 Å². The minimum absolute atomic E-state index is 0.0707. The van der Waals surface area contributed by atoms with Crippen LogP contribution in [0.25, 0.3) is 0 Å². The molecule has 5 aliphatic carbocycles. The van der Waals surface area contributed by atoms with Crippen LogP contribution >= 0.6 is 0 Å². The molecule has 5 rings (SSSR count). The number of rotatable bonds is 3. The summed E-state index contributed by atoms with van der Waals surface area (Å²) < 4.78 is 0. The summed E-state index contributed by atoms with van der Waals surface area (Å²) in [5.41, 5.74) is 9.41. The molecular weight excluding hydrogens is 378 g/mol. The maximum atomic E-state index is 11.8. The second-order valence-electron chi connectivity index (χ2n) is 13.1. The second kappa shape index (κ2) is 7.05. The van der Waals surface area contributed by atoms with Crippen molar-refractivity contribution in [2.75, 3.05) is 0 Å². The number of carbonyl (C=O) groups excluding carboxylic acids is 1. The SMILES string of the molecule is C=C(C)C12CC=CCC1(N)CC1C3CCC4CC(CC(C)=O)CCC4(C)C3CCC12C. The van der Waals surface area contributed by atoms with E-state index in [1.165, 1.54) is 56.9 Å². The van der Waals surface area contributed by atoms with E-state index >= 15 is 0 Å². The number of allylic oxidation sites excluding steroid dienone is 1. The number of carbonyl (C=O) groups is 1. The lowest BCUT2D eigenvalue weighted by Gasteiger charge is -2.63. The van der Waals surface area contributed by atoms with Gasteiger partial charge in [-0.05, 0) is 118 Å². The van der Waals surface area contributed by atoms with Gasteiger partial charge >= 0.3 is 0 Å². The molecule has 5 aliphatic rings. The molecule has 0 bridgehead atoms. The van der Waals surface area contributed by atoms with Gasteiger partial charge in [0.2, 0.25) is 0 Å². The molecule has 9 unspecified atom stereocenters. The highest BCUT2D eigenvalue weighted by molar-refractivity contribution is 5.75. The van der Waals surface area contributed by atoms with Gasteiger partial charge in [-0.2, -0.15) is 0 Å². The number of hydrogen-bond donors (Lipinski definition) is 1. The molecule has 4 saturated carbocycles. The van der Waals surface area contributed by atoms with E-state index in [1.54, 1.807) is 6.92 Å². The highest BCUT2D eigenvalue weighted by atomic mass is 16.1. The highest BCUT2D eigenvalue weighted by Gasteiger charge is 2.71. The van der Waals surface area contributed by atoms with Crippen LogP contribution in [-0.2, 0) is 4.79 Å². The van der Waals surface area contributed by atoms with E-state index in [2.05, 4.69) is 39.5 Å². The molecule has 0 radical (unpaired) electrons. The second-order valence-corrected chi connectivity index (χ2v) is 13.1. The third-order valence-corrected chi connectivity index (χ3v) is 12.0. The zero-order chi connectivity index (χ0) is 22.2. The molecule has 2 N–H and O–H groups in total. The van der Waals surface area contributed by atoms with Crippen molar-refractivity contribution in [2.45, 2.75) is 104 Å². The molecule has 0 heterocycles. The number of Topliss-reactive ketones (excluding diaryl/α,β-unsaturated/α-hetero) is 1. The van der Waals surface area contributed by atoms with E-state index in [0.29, 0.717) is 17.1 Å². The fourth-order valence-electron chi connectivity index (χ4n) is 10.6. The average Bonchev–Trinajstić information content (AvgIpc) is 2.92. The van der Waals surface area contributed by atoms with Crippen LogP contribution in [0.5, 0.6) is 0 Å². The molecule has 0 spiro atoms. The smallest absolute Gasteiger partial charge is 0.130 e. The van der Waals surface area contributed by atoms with Gasteiger partial charge in [-0.25, -0.2) is 0 Å². The monoisotopic (exact) mass is 423 g/mol. The maximum absolute atomic E-state index is 11.8. The summed E-state index contributed by atoms with van der Waals surface area (Å²) in [6, 6.07) is 0. The van der Waals surface area contributed by atoms with Crippen molar-refractivity contribution in [3.63, 3.8) is 0 Å². The van der Waals surface area contributed by atoms with Gasteiger partial charge in [0, 0.05) is 17.4 Å². The number of ketones is 1. The van der Waals surface area contributed by atoms with Crippen molar-refractivity contribution in [3.8, 4) is 0 Å². The van der Waals surface area contributed by atoms with E-state index in [0.717, 1.165) is 42.9 Å². The van der Waals surface area contributed by atoms with Crippen molar-refractivity contribution in [1.29, 1.82) is 0 Å². The lowest BCUT2D eigenvalue weighted by molar-refractivity contribution is -0.132. The lowest BCUT2D eigenvalue weighted by atomic mass is 9.41. The predicted molar refractivity (Wildman–Crippen MR) is 128 cm³/mol. The molecule has 0 saturated heterocycles. The average molecular weight is 424 g/mol. The van der Waals surface area contributed by atoms with Gasteiger partial charge in [0.25, 0.3) is 0 Å². The first kappa shape index (κ1) is 21.9. The van der Waals surface area contributed by atoms with Crippen LogP contribution < -0.4 is 5.73 Å². The highest BCUT2D eigenvalue weighted by Crippen LogP contribution is 2.75. The summed E-state index contributed by atoms with van der Waals surface area (Å²) in [5.74, 6) is 4.26. The molecule has 0 aromatic carbocycles. The summed E-state index contributed by atoms with van der Waals surface area (Å²) in [6.07, 6.45) is 18.2. The largest absolute Gasteiger partial charge is 0.324 e. The van der Waals surface area contributed by atoms with Crippen molar-refractivity contribution in [3.05, 3.63) is 24.3 Å². The Labute approximate surface area is 190 Å². The van der Waals surface area contributed by atoms with E-state index in [-0.39, 0.29) is 16.4 Å². The van der Waals surface area contributed by atoms with Gasteiger partial charge < -0.3 is 10.5 Å². The predicted octanol–water partition coefficient (Wildman–Crippen LogP) is 6.84. The van der Waals surface area contributed by atoms with Crippen molar-refractivity contribution < 1.29 is 4.79 Å². The summed E-state index contributed by atoms with van der Waals surface area (Å²) in [4.78, 5) is 11.8. The van der Waals surface area contributed by atoms with E-state index in [9.17, 15) is 4.79 Å². The maximum Gasteiger partial charge on any atom is 0.130 e.